The quantitative estimate of drug-likeness (QED) is 0.727. The van der Waals surface area contributed by atoms with Crippen LogP contribution in [0.5, 0.6) is 11.5 Å². The number of hydrogen-bond acceptors (Lipinski definition) is 7. The summed E-state index contributed by atoms with van der Waals surface area (Å²) in [6.07, 6.45) is 3.36. The van der Waals surface area contributed by atoms with E-state index < -0.39 is 0 Å². The van der Waals surface area contributed by atoms with Crippen LogP contribution in [0.3, 0.4) is 0 Å². The molecule has 0 radical (unpaired) electrons. The van der Waals surface area contributed by atoms with Gasteiger partial charge in [0.15, 0.2) is 17.6 Å². The van der Waals surface area contributed by atoms with E-state index >= 15 is 0 Å². The van der Waals surface area contributed by atoms with Crippen molar-refractivity contribution >= 4 is 11.9 Å². The molecule has 0 N–H and O–H groups in total. The van der Waals surface area contributed by atoms with Crippen LogP contribution >= 0.6 is 0 Å². The molecule has 29 heavy (non-hydrogen) atoms. The third kappa shape index (κ3) is 4.76. The van der Waals surface area contributed by atoms with Crippen molar-refractivity contribution in [3.63, 3.8) is 0 Å². The molecule has 1 amide bonds. The largest absolute Gasteiger partial charge is 0.486 e. The Morgan fingerprint density at radius 2 is 1.83 bits per heavy atom. The average Bonchev–Trinajstić information content (AvgIpc) is 2.78. The molecule has 4 rings (SSSR count). The highest BCUT2D eigenvalue weighted by molar-refractivity contribution is 5.78. The highest BCUT2D eigenvalue weighted by Crippen LogP contribution is 2.31. The first-order valence-electron chi connectivity index (χ1n) is 10.1. The van der Waals surface area contributed by atoms with Gasteiger partial charge in [-0.2, -0.15) is 0 Å². The smallest absolute Gasteiger partial charge is 0.236 e. The van der Waals surface area contributed by atoms with Crippen molar-refractivity contribution in [3.8, 4) is 11.5 Å². The van der Waals surface area contributed by atoms with Crippen molar-refractivity contribution in [3.05, 3.63) is 42.7 Å². The molecule has 1 aromatic carbocycles. The average molecular weight is 397 g/mol. The van der Waals surface area contributed by atoms with Crippen molar-refractivity contribution in [1.82, 2.24) is 19.8 Å². The van der Waals surface area contributed by atoms with E-state index in [4.69, 9.17) is 9.47 Å². The maximum atomic E-state index is 12.9. The number of aromatic nitrogens is 2. The number of carbonyl (C=O) groups is 1. The van der Waals surface area contributed by atoms with Crippen molar-refractivity contribution in [2.45, 2.75) is 13.0 Å². The predicted molar refractivity (Wildman–Crippen MR) is 109 cm³/mol. The number of amides is 1. The molecule has 3 heterocycles. The Morgan fingerprint density at radius 1 is 1.10 bits per heavy atom. The first-order valence-corrected chi connectivity index (χ1v) is 10.1. The molecule has 0 spiro atoms. The van der Waals surface area contributed by atoms with Gasteiger partial charge in [-0.05, 0) is 25.1 Å². The Kier molecular flexibility index (Phi) is 6.09. The molecule has 1 fully saturated rings. The summed E-state index contributed by atoms with van der Waals surface area (Å²) in [7, 11) is 0. The van der Waals surface area contributed by atoms with Gasteiger partial charge in [-0.3, -0.25) is 9.69 Å². The normalized spacial score (nSPS) is 19.1. The lowest BCUT2D eigenvalue weighted by atomic mass is 10.2. The Bertz CT molecular complexity index is 811. The van der Waals surface area contributed by atoms with Crippen LogP contribution in [-0.4, -0.2) is 84.2 Å². The minimum absolute atomic E-state index is 0.124. The number of ether oxygens (including phenoxy) is 2. The summed E-state index contributed by atoms with van der Waals surface area (Å²) < 4.78 is 11.8. The second-order valence-corrected chi connectivity index (χ2v) is 7.24. The number of fused-ring (bicyclic) bond motifs is 1. The lowest BCUT2D eigenvalue weighted by Crippen LogP contribution is -2.52. The minimum Gasteiger partial charge on any atom is -0.486 e. The molecule has 1 saturated heterocycles. The number of hydrogen-bond donors (Lipinski definition) is 0. The molecule has 0 bridgehead atoms. The Labute approximate surface area is 171 Å². The van der Waals surface area contributed by atoms with Gasteiger partial charge in [-0.15, -0.1) is 0 Å². The Balaban J connectivity index is 1.26. The molecular weight excluding hydrogens is 370 g/mol. The van der Waals surface area contributed by atoms with Gasteiger partial charge >= 0.3 is 0 Å². The maximum absolute atomic E-state index is 12.9. The third-order valence-corrected chi connectivity index (χ3v) is 5.29. The lowest BCUT2D eigenvalue weighted by Gasteiger charge is -2.36. The van der Waals surface area contributed by atoms with Crippen molar-refractivity contribution in [2.24, 2.45) is 0 Å². The topological polar surface area (TPSA) is 71.0 Å². The first kappa shape index (κ1) is 19.4. The van der Waals surface area contributed by atoms with E-state index in [0.717, 1.165) is 43.6 Å². The fraction of sp³-hybridized carbons (Fsp3) is 0.476. The van der Waals surface area contributed by atoms with Gasteiger partial charge in [-0.25, -0.2) is 9.97 Å². The van der Waals surface area contributed by atoms with E-state index in [1.807, 2.05) is 42.2 Å². The van der Waals surface area contributed by atoms with E-state index in [1.54, 1.807) is 12.4 Å². The number of likely N-dealkylation sites (N-methyl/N-ethyl adjacent to an activating group) is 1. The van der Waals surface area contributed by atoms with Gasteiger partial charge in [0, 0.05) is 45.1 Å². The van der Waals surface area contributed by atoms with Crippen LogP contribution in [0.4, 0.5) is 5.95 Å². The van der Waals surface area contributed by atoms with E-state index in [1.165, 1.54) is 0 Å². The minimum atomic E-state index is -0.152. The second kappa shape index (κ2) is 9.09. The van der Waals surface area contributed by atoms with Crippen molar-refractivity contribution in [2.75, 3.05) is 57.3 Å². The van der Waals surface area contributed by atoms with Gasteiger partial charge in [0.05, 0.1) is 13.1 Å². The molecule has 0 aliphatic carbocycles. The molecule has 1 aromatic heterocycles. The number of rotatable bonds is 6. The van der Waals surface area contributed by atoms with Gasteiger partial charge in [-0.1, -0.05) is 12.1 Å². The third-order valence-electron chi connectivity index (χ3n) is 5.29. The summed E-state index contributed by atoms with van der Waals surface area (Å²) >= 11 is 0. The number of benzene rings is 1. The molecule has 8 nitrogen and oxygen atoms in total. The molecule has 2 aliphatic rings. The summed E-state index contributed by atoms with van der Waals surface area (Å²) in [5.74, 6) is 2.38. The van der Waals surface area contributed by atoms with Crippen LogP contribution in [0, 0.1) is 0 Å². The monoisotopic (exact) mass is 397 g/mol. The fourth-order valence-electron chi connectivity index (χ4n) is 3.66. The maximum Gasteiger partial charge on any atom is 0.236 e. The lowest BCUT2D eigenvalue weighted by molar-refractivity contribution is -0.133. The molecule has 8 heteroatoms. The molecule has 2 aliphatic heterocycles. The Morgan fingerprint density at radius 3 is 2.55 bits per heavy atom. The number of anilines is 1. The highest BCUT2D eigenvalue weighted by atomic mass is 16.6. The highest BCUT2D eigenvalue weighted by Gasteiger charge is 2.27. The molecule has 154 valence electrons. The zero-order valence-corrected chi connectivity index (χ0v) is 16.7. The van der Waals surface area contributed by atoms with Crippen LogP contribution < -0.4 is 14.4 Å². The SMILES string of the molecule is CCN(C[C@@H]1COc2ccccc2O1)C(=O)CN1CCN(c2ncccn2)CC1. The molecule has 1 atom stereocenters. The number of piperazine rings is 1. The zero-order valence-electron chi connectivity index (χ0n) is 16.7. The van der Waals surface area contributed by atoms with Gasteiger partial charge in [0.2, 0.25) is 11.9 Å². The Hall–Kier alpha value is -2.87. The van der Waals surface area contributed by atoms with E-state index in [0.29, 0.717) is 26.2 Å². The molecule has 0 unspecified atom stereocenters. The van der Waals surface area contributed by atoms with E-state index in [9.17, 15) is 4.79 Å². The summed E-state index contributed by atoms with van der Waals surface area (Å²) in [5.41, 5.74) is 0. The van der Waals surface area contributed by atoms with Crippen LogP contribution in [0.15, 0.2) is 42.7 Å². The van der Waals surface area contributed by atoms with Gasteiger partial charge < -0.3 is 19.3 Å². The second-order valence-electron chi connectivity index (χ2n) is 7.24. The molecule has 0 saturated carbocycles. The summed E-state index contributed by atoms with van der Waals surface area (Å²) in [5, 5.41) is 0. The zero-order chi connectivity index (χ0) is 20.1. The predicted octanol–water partition coefficient (Wildman–Crippen LogP) is 1.29. The summed E-state index contributed by atoms with van der Waals surface area (Å²) in [6, 6.07) is 9.46. The van der Waals surface area contributed by atoms with Gasteiger partial charge in [0.25, 0.3) is 0 Å². The first-order chi connectivity index (χ1) is 14.2. The van der Waals surface area contributed by atoms with Crippen LogP contribution in [0.25, 0.3) is 0 Å². The van der Waals surface area contributed by atoms with Crippen molar-refractivity contribution < 1.29 is 14.3 Å². The van der Waals surface area contributed by atoms with Crippen molar-refractivity contribution in [1.29, 1.82) is 0 Å². The van der Waals surface area contributed by atoms with E-state index in [-0.39, 0.29) is 12.0 Å². The van der Waals surface area contributed by atoms with Crippen LogP contribution in [-0.2, 0) is 4.79 Å². The summed E-state index contributed by atoms with van der Waals surface area (Å²) in [6.45, 7) is 7.33. The van der Waals surface area contributed by atoms with Gasteiger partial charge in [0.1, 0.15) is 6.61 Å². The van der Waals surface area contributed by atoms with E-state index in [2.05, 4.69) is 19.8 Å². The molecular formula is C21H27N5O3. The standard InChI is InChI=1S/C21H27N5O3/c1-2-25(14-17-16-28-18-6-3-4-7-19(18)29-17)20(27)15-24-10-12-26(13-11-24)21-22-8-5-9-23-21/h3-9,17H,2,10-16H2,1H3/t17-/m1/s1. The van der Waals surface area contributed by atoms with Crippen LogP contribution in [0.1, 0.15) is 6.92 Å². The van der Waals surface area contributed by atoms with Crippen LogP contribution in [0.2, 0.25) is 0 Å². The summed E-state index contributed by atoms with van der Waals surface area (Å²) in [4.78, 5) is 27.7. The number of para-hydroxylation sites is 2. The molecule has 2 aromatic rings. The fourth-order valence-corrected chi connectivity index (χ4v) is 3.66. The number of carbonyl (C=O) groups excluding carboxylic acids is 1. The number of nitrogens with zero attached hydrogens (tertiary/aromatic N) is 5.